The molecule has 0 saturated carbocycles. The number of aromatic nitrogens is 2. The zero-order valence-corrected chi connectivity index (χ0v) is 20.8. The summed E-state index contributed by atoms with van der Waals surface area (Å²) in [5.41, 5.74) is 1.11. The van der Waals surface area contributed by atoms with Gasteiger partial charge in [0.2, 0.25) is 6.33 Å². The largest absolute Gasteiger partial charge is 0.507 e. The molecule has 3 aromatic rings. The number of aliphatic hydroxyl groups is 1. The van der Waals surface area contributed by atoms with Crippen molar-refractivity contribution in [3.8, 4) is 5.75 Å². The molecule has 1 amide bonds. The Morgan fingerprint density at radius 2 is 2.09 bits per heavy atom. The number of H-pyrrole nitrogens is 1. The van der Waals surface area contributed by atoms with Crippen molar-refractivity contribution in [1.29, 1.82) is 0 Å². The van der Waals surface area contributed by atoms with Crippen molar-refractivity contribution in [2.24, 2.45) is 0 Å². The van der Waals surface area contributed by atoms with E-state index in [1.165, 1.54) is 11.0 Å². The van der Waals surface area contributed by atoms with Gasteiger partial charge in [-0.15, -0.1) is 0 Å². The van der Waals surface area contributed by atoms with E-state index >= 15 is 0 Å². The van der Waals surface area contributed by atoms with Crippen LogP contribution >= 0.6 is 27.5 Å². The number of amides is 1. The zero-order valence-electron chi connectivity index (χ0n) is 18.5. The smallest absolute Gasteiger partial charge is 0.295 e. The molecule has 1 aliphatic rings. The molecule has 0 spiro atoms. The Hall–Kier alpha value is -3.10. The lowest BCUT2D eigenvalue weighted by atomic mass is 9.95. The molecule has 0 aliphatic carbocycles. The van der Waals surface area contributed by atoms with Gasteiger partial charge in [-0.25, -0.2) is 4.57 Å². The van der Waals surface area contributed by atoms with Crippen LogP contribution in [0.1, 0.15) is 30.5 Å². The maximum absolute atomic E-state index is 13.2. The first-order valence-corrected chi connectivity index (χ1v) is 12.1. The fourth-order valence-electron chi connectivity index (χ4n) is 4.09. The molecule has 0 bridgehead atoms. The van der Waals surface area contributed by atoms with Crippen LogP contribution in [0.3, 0.4) is 0 Å². The number of hydrogen-bond donors (Lipinski definition) is 2. The fraction of sp³-hybridized carbons (Fsp3) is 0.240. The van der Waals surface area contributed by atoms with Crippen molar-refractivity contribution in [3.63, 3.8) is 0 Å². The van der Waals surface area contributed by atoms with Crippen LogP contribution in [-0.2, 0) is 16.1 Å². The SMILES string of the molecule is CCOc1ccc(/C(O)=C2\C(=O)C(=O)N(CCC[n+]3cc[nH]c3)C2c2cccc(Br)c2)cc1Cl. The lowest BCUT2D eigenvalue weighted by Gasteiger charge is -2.25. The molecule has 34 heavy (non-hydrogen) atoms. The van der Waals surface area contributed by atoms with E-state index in [1.807, 2.05) is 54.5 Å². The summed E-state index contributed by atoms with van der Waals surface area (Å²) in [7, 11) is 0. The first-order valence-electron chi connectivity index (χ1n) is 10.9. The van der Waals surface area contributed by atoms with E-state index in [0.717, 1.165) is 10.0 Å². The van der Waals surface area contributed by atoms with Crippen LogP contribution in [0, 0.1) is 0 Å². The lowest BCUT2D eigenvalue weighted by Crippen LogP contribution is -2.36. The van der Waals surface area contributed by atoms with Crippen molar-refractivity contribution in [3.05, 3.63) is 87.4 Å². The molecule has 1 fully saturated rings. The van der Waals surface area contributed by atoms with Gasteiger partial charge in [0, 0.05) is 23.0 Å². The third kappa shape index (κ3) is 4.88. The Balaban J connectivity index is 1.74. The molecule has 1 aliphatic heterocycles. The molecule has 1 saturated heterocycles. The first-order chi connectivity index (χ1) is 16.4. The minimum Gasteiger partial charge on any atom is -0.507 e. The van der Waals surface area contributed by atoms with E-state index in [9.17, 15) is 14.7 Å². The van der Waals surface area contributed by atoms with Crippen LogP contribution in [0.2, 0.25) is 5.02 Å². The van der Waals surface area contributed by atoms with Crippen LogP contribution in [0.5, 0.6) is 5.75 Å². The van der Waals surface area contributed by atoms with Gasteiger partial charge < -0.3 is 14.7 Å². The number of ether oxygens (including phenoxy) is 1. The molecular weight excluding hydrogens is 522 g/mol. The summed E-state index contributed by atoms with van der Waals surface area (Å²) < 4.78 is 8.24. The number of carbonyl (C=O) groups excluding carboxylic acids is 2. The number of aromatic amines is 1. The number of likely N-dealkylation sites (tertiary alicyclic amines) is 1. The predicted molar refractivity (Wildman–Crippen MR) is 131 cm³/mol. The quantitative estimate of drug-likeness (QED) is 0.187. The van der Waals surface area contributed by atoms with Crippen molar-refractivity contribution < 1.29 is 24.0 Å². The number of aryl methyl sites for hydroxylation is 1. The number of halogens is 2. The van der Waals surface area contributed by atoms with Crippen LogP contribution in [0.15, 0.2) is 71.2 Å². The average molecular weight is 546 g/mol. The number of imidazole rings is 1. The van der Waals surface area contributed by atoms with Crippen LogP contribution < -0.4 is 9.30 Å². The minimum atomic E-state index is -0.723. The number of ketones is 1. The topological polar surface area (TPSA) is 86.5 Å². The van der Waals surface area contributed by atoms with Gasteiger partial charge in [-0.05, 0) is 42.8 Å². The van der Waals surface area contributed by atoms with E-state index < -0.39 is 17.7 Å². The monoisotopic (exact) mass is 544 g/mol. The van der Waals surface area contributed by atoms with Crippen LogP contribution in [0.25, 0.3) is 5.76 Å². The number of carbonyl (C=O) groups is 2. The van der Waals surface area contributed by atoms with Crippen molar-refractivity contribution in [2.75, 3.05) is 13.2 Å². The van der Waals surface area contributed by atoms with Gasteiger partial charge in [0.15, 0.2) is 0 Å². The summed E-state index contributed by atoms with van der Waals surface area (Å²) in [5.74, 6) is -1.15. The van der Waals surface area contributed by atoms with Gasteiger partial charge in [-0.3, -0.25) is 14.6 Å². The molecule has 0 radical (unpaired) electrons. The molecule has 176 valence electrons. The van der Waals surface area contributed by atoms with Crippen molar-refractivity contribution in [1.82, 2.24) is 9.88 Å². The summed E-state index contributed by atoms with van der Waals surface area (Å²) in [6, 6.07) is 11.5. The maximum Gasteiger partial charge on any atom is 0.295 e. The van der Waals surface area contributed by atoms with E-state index in [-0.39, 0.29) is 11.3 Å². The Kier molecular flexibility index (Phi) is 7.38. The number of aliphatic hydroxyl groups excluding tert-OH is 1. The van der Waals surface area contributed by atoms with E-state index in [1.54, 1.807) is 12.1 Å². The summed E-state index contributed by atoms with van der Waals surface area (Å²) in [6.45, 7) is 3.31. The van der Waals surface area contributed by atoms with Gasteiger partial charge in [0.05, 0.1) is 29.8 Å². The van der Waals surface area contributed by atoms with Crippen LogP contribution in [-0.4, -0.2) is 39.8 Å². The molecule has 2 heterocycles. The van der Waals surface area contributed by atoms with E-state index in [0.29, 0.717) is 42.5 Å². The number of nitrogens with one attached hydrogen (secondary N) is 1. The number of hydrogen-bond acceptors (Lipinski definition) is 4. The number of benzene rings is 2. The third-order valence-corrected chi connectivity index (χ3v) is 6.42. The van der Waals surface area contributed by atoms with Crippen molar-refractivity contribution in [2.45, 2.75) is 25.9 Å². The first kappa shape index (κ1) is 24.0. The molecule has 2 aromatic carbocycles. The maximum atomic E-state index is 13.2. The highest BCUT2D eigenvalue weighted by atomic mass is 79.9. The molecule has 1 aromatic heterocycles. The molecular formula is C25H24BrClN3O4+. The standard InChI is InChI=1S/C25H23BrClN3O4/c1-2-34-20-8-7-17(14-19(20)27)23(31)21-22(16-5-3-6-18(26)13-16)30(25(33)24(21)32)11-4-10-29-12-9-28-15-29/h3,5-9,12-15,22H,2,4,10-11H2,1H3,(H,31,32)/p+1. The third-order valence-electron chi connectivity index (χ3n) is 5.63. The zero-order chi connectivity index (χ0) is 24.2. The molecule has 9 heteroatoms. The Bertz CT molecular complexity index is 1240. The summed E-state index contributed by atoms with van der Waals surface area (Å²) >= 11 is 9.78. The molecule has 4 rings (SSSR count). The molecule has 7 nitrogen and oxygen atoms in total. The highest BCUT2D eigenvalue weighted by molar-refractivity contribution is 9.10. The fourth-order valence-corrected chi connectivity index (χ4v) is 4.75. The second kappa shape index (κ2) is 10.4. The number of nitrogens with zero attached hydrogens (tertiary/aromatic N) is 2. The Morgan fingerprint density at radius 3 is 2.76 bits per heavy atom. The Morgan fingerprint density at radius 1 is 1.26 bits per heavy atom. The van der Waals surface area contributed by atoms with Gasteiger partial charge in [-0.2, -0.15) is 0 Å². The Labute approximate surface area is 210 Å². The van der Waals surface area contributed by atoms with Gasteiger partial charge in [-0.1, -0.05) is 39.7 Å². The normalized spacial score (nSPS) is 17.4. The lowest BCUT2D eigenvalue weighted by molar-refractivity contribution is -0.695. The van der Waals surface area contributed by atoms with Gasteiger partial charge in [0.25, 0.3) is 11.7 Å². The molecule has 2 N–H and O–H groups in total. The van der Waals surface area contributed by atoms with Crippen molar-refractivity contribution >= 4 is 45.0 Å². The second-order valence-electron chi connectivity index (χ2n) is 7.83. The summed E-state index contributed by atoms with van der Waals surface area (Å²) in [6.07, 6.45) is 6.18. The van der Waals surface area contributed by atoms with Gasteiger partial charge in [0.1, 0.15) is 23.9 Å². The number of Topliss-reactive ketones (excluding diaryl/α,β-unsaturated/α-hetero) is 1. The van der Waals surface area contributed by atoms with Gasteiger partial charge >= 0.3 is 0 Å². The number of rotatable bonds is 8. The average Bonchev–Trinajstić information content (AvgIpc) is 3.42. The second-order valence-corrected chi connectivity index (χ2v) is 9.15. The summed E-state index contributed by atoms with van der Waals surface area (Å²) in [4.78, 5) is 30.7. The van der Waals surface area contributed by atoms with E-state index in [4.69, 9.17) is 16.3 Å². The summed E-state index contributed by atoms with van der Waals surface area (Å²) in [5, 5.41) is 11.5. The molecule has 1 unspecified atom stereocenters. The predicted octanol–water partition coefficient (Wildman–Crippen LogP) is 4.63. The van der Waals surface area contributed by atoms with Crippen LogP contribution in [0.4, 0.5) is 0 Å². The highest BCUT2D eigenvalue weighted by Crippen LogP contribution is 2.40. The molecule has 1 atom stereocenters. The highest BCUT2D eigenvalue weighted by Gasteiger charge is 2.45. The minimum absolute atomic E-state index is 0.0395. The van der Waals surface area contributed by atoms with E-state index in [2.05, 4.69) is 20.9 Å².